The van der Waals surface area contributed by atoms with Gasteiger partial charge in [-0.25, -0.2) is 0 Å². The Morgan fingerprint density at radius 1 is 0.773 bits per heavy atom. The van der Waals surface area contributed by atoms with Gasteiger partial charge in [0.25, 0.3) is 0 Å². The van der Waals surface area contributed by atoms with E-state index in [4.69, 9.17) is 0 Å². The molecule has 4 aliphatic rings. The van der Waals surface area contributed by atoms with E-state index in [0.29, 0.717) is 23.7 Å². The smallest absolute Gasteiger partial charge is 0.0596 e. The highest BCUT2D eigenvalue weighted by Gasteiger charge is 2.62. The van der Waals surface area contributed by atoms with Crippen LogP contribution in [-0.2, 0) is 0 Å². The average molecular weight is 308 g/mol. The summed E-state index contributed by atoms with van der Waals surface area (Å²) in [5.74, 6) is 1.91. The molecule has 4 aliphatic carbocycles. The van der Waals surface area contributed by atoms with Gasteiger partial charge in [0, 0.05) is 0 Å². The van der Waals surface area contributed by atoms with Gasteiger partial charge in [-0.2, -0.15) is 0 Å². The van der Waals surface area contributed by atoms with Crippen molar-refractivity contribution in [2.45, 2.75) is 83.5 Å². The van der Waals surface area contributed by atoms with Crippen molar-refractivity contribution in [1.82, 2.24) is 0 Å². The van der Waals surface area contributed by atoms with Crippen molar-refractivity contribution >= 4 is 0 Å². The van der Waals surface area contributed by atoms with Crippen molar-refractivity contribution in [3.8, 4) is 0 Å². The second-order valence-corrected chi connectivity index (χ2v) is 9.36. The Morgan fingerprint density at radius 3 is 2.23 bits per heavy atom. The third-order valence-corrected chi connectivity index (χ3v) is 8.61. The fraction of sp³-hybridized carbons (Fsp3) is 1.00. The maximum atomic E-state index is 10.9. The highest BCUT2D eigenvalue weighted by Crippen LogP contribution is 2.66. The van der Waals surface area contributed by atoms with Crippen LogP contribution in [-0.4, -0.2) is 33.6 Å². The zero-order chi connectivity index (χ0) is 15.7. The van der Waals surface area contributed by atoms with E-state index in [9.17, 15) is 15.3 Å². The van der Waals surface area contributed by atoms with E-state index >= 15 is 0 Å². The van der Waals surface area contributed by atoms with Crippen molar-refractivity contribution in [1.29, 1.82) is 0 Å². The SMILES string of the molecule is C[C@]12CC[C@H](O)CC1CC(O)C1C2CC[C@@]2(C)C1CC[C@@H]2O. The standard InChI is InChI=1S/C19H32O3/c1-18-7-5-12(20)9-11(18)10-15(21)17-13-3-4-16(22)19(13,2)8-6-14(17)18/h11-17,20-22H,3-10H2,1-2H3/t11?,12-,13?,14?,15?,16-,17?,18-,19-/m0/s1. The van der Waals surface area contributed by atoms with Gasteiger partial charge in [-0.05, 0) is 85.9 Å². The predicted molar refractivity (Wildman–Crippen MR) is 85.1 cm³/mol. The molecule has 4 rings (SSSR count). The number of aliphatic hydroxyl groups excluding tert-OH is 3. The van der Waals surface area contributed by atoms with Gasteiger partial charge in [0.15, 0.2) is 0 Å². The fourth-order valence-corrected chi connectivity index (χ4v) is 7.17. The first-order valence-corrected chi connectivity index (χ1v) is 9.40. The van der Waals surface area contributed by atoms with Crippen molar-refractivity contribution in [3.05, 3.63) is 0 Å². The zero-order valence-electron chi connectivity index (χ0n) is 14.0. The molecule has 3 N–H and O–H groups in total. The Hall–Kier alpha value is -0.120. The number of rotatable bonds is 0. The van der Waals surface area contributed by atoms with Crippen LogP contribution >= 0.6 is 0 Å². The third kappa shape index (κ3) is 1.91. The maximum absolute atomic E-state index is 10.9. The zero-order valence-corrected chi connectivity index (χ0v) is 14.0. The van der Waals surface area contributed by atoms with Crippen LogP contribution < -0.4 is 0 Å². The minimum atomic E-state index is -0.233. The Kier molecular flexibility index (Phi) is 3.46. The van der Waals surface area contributed by atoms with E-state index in [1.165, 1.54) is 0 Å². The molecule has 5 unspecified atom stereocenters. The number of fused-ring (bicyclic) bond motifs is 5. The van der Waals surface area contributed by atoms with Crippen LogP contribution in [0.1, 0.15) is 65.2 Å². The van der Waals surface area contributed by atoms with Crippen LogP contribution in [0.5, 0.6) is 0 Å². The first-order chi connectivity index (χ1) is 10.4. The second kappa shape index (κ2) is 4.94. The summed E-state index contributed by atoms with van der Waals surface area (Å²) in [5, 5.41) is 31.5. The molecule has 0 aliphatic heterocycles. The molecule has 0 aromatic carbocycles. The van der Waals surface area contributed by atoms with Gasteiger partial charge < -0.3 is 15.3 Å². The number of hydrogen-bond acceptors (Lipinski definition) is 3. The van der Waals surface area contributed by atoms with Crippen LogP contribution in [0.3, 0.4) is 0 Å². The first-order valence-electron chi connectivity index (χ1n) is 9.40. The van der Waals surface area contributed by atoms with E-state index in [1.54, 1.807) is 0 Å². The summed E-state index contributed by atoms with van der Waals surface area (Å²) in [6.45, 7) is 4.69. The normalized spacial score (nSPS) is 61.2. The summed E-state index contributed by atoms with van der Waals surface area (Å²) in [6, 6.07) is 0. The fourth-order valence-electron chi connectivity index (χ4n) is 7.17. The molecule has 3 nitrogen and oxygen atoms in total. The average Bonchev–Trinajstić information content (AvgIpc) is 2.77. The van der Waals surface area contributed by atoms with Crippen LogP contribution in [0, 0.1) is 34.5 Å². The molecule has 9 atom stereocenters. The molecule has 0 saturated heterocycles. The minimum absolute atomic E-state index is 0.0273. The molecule has 22 heavy (non-hydrogen) atoms. The van der Waals surface area contributed by atoms with Gasteiger partial charge in [0.2, 0.25) is 0 Å². The van der Waals surface area contributed by atoms with E-state index in [0.717, 1.165) is 51.4 Å². The van der Waals surface area contributed by atoms with Crippen molar-refractivity contribution < 1.29 is 15.3 Å². The van der Waals surface area contributed by atoms with E-state index < -0.39 is 0 Å². The second-order valence-electron chi connectivity index (χ2n) is 9.36. The predicted octanol–water partition coefficient (Wildman–Crippen LogP) is 2.72. The van der Waals surface area contributed by atoms with Crippen LogP contribution in [0.25, 0.3) is 0 Å². The summed E-state index contributed by atoms with van der Waals surface area (Å²) >= 11 is 0. The lowest BCUT2D eigenvalue weighted by atomic mass is 9.44. The van der Waals surface area contributed by atoms with Crippen LogP contribution in [0.15, 0.2) is 0 Å². The quantitative estimate of drug-likeness (QED) is 0.645. The van der Waals surface area contributed by atoms with Crippen LogP contribution in [0.2, 0.25) is 0 Å². The summed E-state index contributed by atoms with van der Waals surface area (Å²) in [4.78, 5) is 0. The summed E-state index contributed by atoms with van der Waals surface area (Å²) in [5.41, 5.74) is 0.317. The van der Waals surface area contributed by atoms with Crippen molar-refractivity contribution in [2.24, 2.45) is 34.5 Å². The van der Waals surface area contributed by atoms with E-state index in [1.807, 2.05) is 0 Å². The molecular weight excluding hydrogens is 276 g/mol. The topological polar surface area (TPSA) is 60.7 Å². The van der Waals surface area contributed by atoms with Gasteiger partial charge in [-0.15, -0.1) is 0 Å². The van der Waals surface area contributed by atoms with Gasteiger partial charge in [-0.3, -0.25) is 0 Å². The largest absolute Gasteiger partial charge is 0.393 e. The van der Waals surface area contributed by atoms with Gasteiger partial charge >= 0.3 is 0 Å². The lowest BCUT2D eigenvalue weighted by Gasteiger charge is -2.62. The molecule has 0 radical (unpaired) electrons. The lowest BCUT2D eigenvalue weighted by molar-refractivity contribution is -0.176. The van der Waals surface area contributed by atoms with Gasteiger partial charge in [0.05, 0.1) is 18.3 Å². The third-order valence-electron chi connectivity index (χ3n) is 8.61. The molecule has 0 spiro atoms. The highest BCUT2D eigenvalue weighted by atomic mass is 16.3. The Labute approximate surface area is 134 Å². The molecule has 0 heterocycles. The molecule has 126 valence electrons. The molecule has 3 heteroatoms. The number of aliphatic hydroxyl groups is 3. The monoisotopic (exact) mass is 308 g/mol. The van der Waals surface area contributed by atoms with Crippen LogP contribution in [0.4, 0.5) is 0 Å². The lowest BCUT2D eigenvalue weighted by Crippen LogP contribution is -2.58. The van der Waals surface area contributed by atoms with E-state index in [2.05, 4.69) is 13.8 Å². The maximum Gasteiger partial charge on any atom is 0.0596 e. The number of hydrogen-bond donors (Lipinski definition) is 3. The Balaban J connectivity index is 1.67. The Morgan fingerprint density at radius 2 is 1.45 bits per heavy atom. The molecule has 0 bridgehead atoms. The van der Waals surface area contributed by atoms with Crippen molar-refractivity contribution in [3.63, 3.8) is 0 Å². The molecule has 0 aromatic heterocycles. The minimum Gasteiger partial charge on any atom is -0.393 e. The summed E-state index contributed by atoms with van der Waals surface area (Å²) in [6.07, 6.45) is 7.45. The molecular formula is C19H32O3. The summed E-state index contributed by atoms with van der Waals surface area (Å²) in [7, 11) is 0. The first kappa shape index (κ1) is 15.4. The van der Waals surface area contributed by atoms with Gasteiger partial charge in [-0.1, -0.05) is 13.8 Å². The highest BCUT2D eigenvalue weighted by molar-refractivity contribution is 5.11. The van der Waals surface area contributed by atoms with Gasteiger partial charge in [0.1, 0.15) is 0 Å². The molecule has 4 saturated carbocycles. The Bertz CT molecular complexity index is 452. The van der Waals surface area contributed by atoms with E-state index in [-0.39, 0.29) is 29.1 Å². The van der Waals surface area contributed by atoms with Crippen molar-refractivity contribution in [2.75, 3.05) is 0 Å². The molecule has 0 aromatic rings. The molecule has 0 amide bonds. The summed E-state index contributed by atoms with van der Waals surface area (Å²) < 4.78 is 0. The molecule has 4 fully saturated rings.